The van der Waals surface area contributed by atoms with Crippen LogP contribution in [0, 0.1) is 0 Å². The van der Waals surface area contributed by atoms with Gasteiger partial charge in [-0.15, -0.1) is 11.3 Å². The van der Waals surface area contributed by atoms with E-state index in [1.165, 1.54) is 30.7 Å². The normalized spacial score (nSPS) is 14.8. The number of aromatic nitrogens is 4. The molecule has 1 N–H and O–H groups in total. The van der Waals surface area contributed by atoms with Crippen molar-refractivity contribution in [2.24, 2.45) is 0 Å². The predicted octanol–water partition coefficient (Wildman–Crippen LogP) is 2.36. The van der Waals surface area contributed by atoms with Crippen molar-refractivity contribution in [3.05, 3.63) is 29.7 Å². The fourth-order valence-corrected chi connectivity index (χ4v) is 4.18. The molecule has 1 aliphatic heterocycles. The van der Waals surface area contributed by atoms with E-state index in [1.807, 2.05) is 4.90 Å². The Hall–Kier alpha value is -3.14. The van der Waals surface area contributed by atoms with Gasteiger partial charge in [-0.3, -0.25) is 4.79 Å². The molecule has 4 rings (SSSR count). The van der Waals surface area contributed by atoms with E-state index >= 15 is 0 Å². The first-order valence-electron chi connectivity index (χ1n) is 9.22. The molecule has 29 heavy (non-hydrogen) atoms. The van der Waals surface area contributed by atoms with Crippen LogP contribution in [0.3, 0.4) is 0 Å². The average molecular weight is 412 g/mol. The summed E-state index contributed by atoms with van der Waals surface area (Å²) in [6.07, 6.45) is 4.89. The molecule has 1 saturated heterocycles. The summed E-state index contributed by atoms with van der Waals surface area (Å²) in [5.41, 5.74) is 3.38. The maximum atomic E-state index is 11.9. The van der Waals surface area contributed by atoms with Crippen LogP contribution >= 0.6 is 11.3 Å². The minimum atomic E-state index is -0.524. The molecular formula is C19H20N6O3S. The molecule has 0 saturated carbocycles. The molecule has 10 heteroatoms. The maximum Gasteiger partial charge on any atom is 0.356 e. The van der Waals surface area contributed by atoms with Crippen molar-refractivity contribution in [1.29, 1.82) is 0 Å². The largest absolute Gasteiger partial charge is 0.464 e. The number of hydrogen-bond donors (Lipinski definition) is 1. The van der Waals surface area contributed by atoms with Crippen LogP contribution in [-0.4, -0.2) is 63.0 Å². The molecule has 0 bridgehead atoms. The quantitative estimate of drug-likeness (QED) is 0.650. The Morgan fingerprint density at radius 3 is 2.76 bits per heavy atom. The first kappa shape index (κ1) is 19.2. The van der Waals surface area contributed by atoms with E-state index in [4.69, 9.17) is 4.74 Å². The van der Waals surface area contributed by atoms with E-state index in [9.17, 15) is 9.59 Å². The number of ether oxygens (including phenoxy) is 1. The average Bonchev–Trinajstić information content (AvgIpc) is 3.22. The highest BCUT2D eigenvalue weighted by Crippen LogP contribution is 2.35. The smallest absolute Gasteiger partial charge is 0.356 e. The van der Waals surface area contributed by atoms with Gasteiger partial charge >= 0.3 is 5.97 Å². The van der Waals surface area contributed by atoms with Crippen LogP contribution < -0.4 is 5.32 Å². The summed E-state index contributed by atoms with van der Waals surface area (Å²) in [6.45, 7) is 3.01. The Morgan fingerprint density at radius 1 is 1.24 bits per heavy atom. The van der Waals surface area contributed by atoms with Crippen LogP contribution in [0.2, 0.25) is 0 Å². The highest BCUT2D eigenvalue weighted by molar-refractivity contribution is 7.17. The number of anilines is 1. The van der Waals surface area contributed by atoms with Crippen LogP contribution in [0.5, 0.6) is 0 Å². The molecule has 1 fully saturated rings. The SMILES string of the molecule is COC(=O)c1ccnc(-c2c(NC3CCN(C(C)=O)CC3)ncc3ncsc23)n1. The second-order valence-electron chi connectivity index (χ2n) is 6.73. The van der Waals surface area contributed by atoms with E-state index in [0.29, 0.717) is 30.3 Å². The molecule has 1 amide bonds. The summed E-state index contributed by atoms with van der Waals surface area (Å²) in [6, 6.07) is 1.69. The van der Waals surface area contributed by atoms with Crippen LogP contribution in [-0.2, 0) is 9.53 Å². The van der Waals surface area contributed by atoms with E-state index in [0.717, 1.165) is 23.1 Å². The molecule has 150 valence electrons. The Labute approximate surface area is 171 Å². The fraction of sp³-hybridized carbons (Fsp3) is 0.368. The van der Waals surface area contributed by atoms with Crippen LogP contribution in [0.25, 0.3) is 21.6 Å². The van der Waals surface area contributed by atoms with Crippen molar-refractivity contribution < 1.29 is 14.3 Å². The number of carbonyl (C=O) groups excluding carboxylic acids is 2. The van der Waals surface area contributed by atoms with Crippen LogP contribution in [0.15, 0.2) is 24.0 Å². The lowest BCUT2D eigenvalue weighted by molar-refractivity contribution is -0.129. The van der Waals surface area contributed by atoms with Gasteiger partial charge in [0.25, 0.3) is 0 Å². The number of thiazole rings is 1. The van der Waals surface area contributed by atoms with E-state index in [2.05, 4.69) is 25.3 Å². The van der Waals surface area contributed by atoms with Crippen molar-refractivity contribution in [3.8, 4) is 11.4 Å². The van der Waals surface area contributed by atoms with Gasteiger partial charge in [0, 0.05) is 32.3 Å². The second kappa shape index (κ2) is 8.08. The van der Waals surface area contributed by atoms with Crippen LogP contribution in [0.4, 0.5) is 5.82 Å². The number of amides is 1. The lowest BCUT2D eigenvalue weighted by Gasteiger charge is -2.32. The number of nitrogens with zero attached hydrogens (tertiary/aromatic N) is 5. The molecule has 3 aromatic rings. The molecule has 0 atom stereocenters. The maximum absolute atomic E-state index is 11.9. The zero-order chi connectivity index (χ0) is 20.4. The van der Waals surface area contributed by atoms with Crippen molar-refractivity contribution in [3.63, 3.8) is 0 Å². The lowest BCUT2D eigenvalue weighted by atomic mass is 10.0. The zero-order valence-electron chi connectivity index (χ0n) is 16.1. The minimum absolute atomic E-state index is 0.0985. The summed E-state index contributed by atoms with van der Waals surface area (Å²) in [7, 11) is 1.32. The van der Waals surface area contributed by atoms with Crippen LogP contribution in [0.1, 0.15) is 30.3 Å². The second-order valence-corrected chi connectivity index (χ2v) is 7.59. The highest BCUT2D eigenvalue weighted by Gasteiger charge is 2.24. The molecule has 9 nitrogen and oxygen atoms in total. The van der Waals surface area contributed by atoms with Gasteiger partial charge < -0.3 is 15.0 Å². The van der Waals surface area contributed by atoms with Gasteiger partial charge in [-0.05, 0) is 18.9 Å². The molecular weight excluding hydrogens is 392 g/mol. The number of esters is 1. The first-order chi connectivity index (χ1) is 14.1. The van der Waals surface area contributed by atoms with Crippen molar-refractivity contribution in [2.45, 2.75) is 25.8 Å². The number of likely N-dealkylation sites (tertiary alicyclic amines) is 1. The number of hydrogen-bond acceptors (Lipinski definition) is 9. The van der Waals surface area contributed by atoms with E-state index in [-0.39, 0.29) is 17.6 Å². The van der Waals surface area contributed by atoms with E-state index in [1.54, 1.807) is 18.6 Å². The third kappa shape index (κ3) is 3.88. The molecule has 3 aromatic heterocycles. The molecule has 0 unspecified atom stereocenters. The van der Waals surface area contributed by atoms with Gasteiger partial charge in [-0.25, -0.2) is 24.7 Å². The van der Waals surface area contributed by atoms with Crippen molar-refractivity contribution in [1.82, 2.24) is 24.8 Å². The predicted molar refractivity (Wildman–Crippen MR) is 109 cm³/mol. The lowest BCUT2D eigenvalue weighted by Crippen LogP contribution is -2.41. The first-order valence-corrected chi connectivity index (χ1v) is 10.1. The molecule has 4 heterocycles. The zero-order valence-corrected chi connectivity index (χ0v) is 16.9. The number of rotatable bonds is 4. The summed E-state index contributed by atoms with van der Waals surface area (Å²) in [5, 5.41) is 3.49. The molecule has 1 aliphatic rings. The minimum Gasteiger partial charge on any atom is -0.464 e. The molecule has 0 radical (unpaired) electrons. The Bertz CT molecular complexity index is 1060. The monoisotopic (exact) mass is 412 g/mol. The standard InChI is InChI=1S/C19H20N6O3S/c1-11(26)25-7-4-12(5-8-25)23-18-15(16-14(9-21-18)22-10-29-16)17-20-6-3-13(24-17)19(27)28-2/h3,6,9-10,12H,4-5,7-8H2,1-2H3,(H,21,23). The number of nitrogens with one attached hydrogen (secondary N) is 1. The molecule has 0 aromatic carbocycles. The summed E-state index contributed by atoms with van der Waals surface area (Å²) >= 11 is 1.47. The Balaban J connectivity index is 1.69. The van der Waals surface area contributed by atoms with Crippen molar-refractivity contribution in [2.75, 3.05) is 25.5 Å². The number of fused-ring (bicyclic) bond motifs is 1. The van der Waals surface area contributed by atoms with Gasteiger partial charge in [0.2, 0.25) is 5.91 Å². The van der Waals surface area contributed by atoms with Gasteiger partial charge in [0.1, 0.15) is 11.3 Å². The number of piperidine rings is 1. The third-order valence-electron chi connectivity index (χ3n) is 4.93. The van der Waals surface area contributed by atoms with Crippen molar-refractivity contribution >= 4 is 39.2 Å². The summed E-state index contributed by atoms with van der Waals surface area (Å²) in [4.78, 5) is 43.0. The number of pyridine rings is 1. The Kier molecular flexibility index (Phi) is 5.34. The third-order valence-corrected chi connectivity index (χ3v) is 5.79. The summed E-state index contributed by atoms with van der Waals surface area (Å²) in [5.74, 6) is 0.606. The van der Waals surface area contributed by atoms with Gasteiger partial charge in [-0.2, -0.15) is 0 Å². The fourth-order valence-electron chi connectivity index (χ4n) is 3.38. The number of methoxy groups -OCH3 is 1. The highest BCUT2D eigenvalue weighted by atomic mass is 32.1. The number of carbonyl (C=O) groups is 2. The Morgan fingerprint density at radius 2 is 2.03 bits per heavy atom. The molecule has 0 spiro atoms. The molecule has 0 aliphatic carbocycles. The van der Waals surface area contributed by atoms with Gasteiger partial charge in [-0.1, -0.05) is 0 Å². The van der Waals surface area contributed by atoms with Gasteiger partial charge in [0.15, 0.2) is 11.5 Å². The van der Waals surface area contributed by atoms with Gasteiger partial charge in [0.05, 0.1) is 29.1 Å². The topological polar surface area (TPSA) is 110 Å². The van der Waals surface area contributed by atoms with E-state index < -0.39 is 5.97 Å². The summed E-state index contributed by atoms with van der Waals surface area (Å²) < 4.78 is 5.67.